The average Bonchev–Trinajstić information content (AvgIpc) is 1.59. The molecule has 0 radical (unpaired) electrons. The van der Waals surface area contributed by atoms with Crippen LogP contribution in [0.1, 0.15) is 20.8 Å². The van der Waals surface area contributed by atoms with E-state index in [9.17, 15) is 14.4 Å². The van der Waals surface area contributed by atoms with Crippen molar-refractivity contribution in [3.8, 4) is 0 Å². The minimum Gasteiger partial charge on any atom is -0.299 e. The Bertz CT molecular complexity index is 153. The zero-order valence-electron chi connectivity index (χ0n) is 7.01. The van der Waals surface area contributed by atoms with Crippen LogP contribution in [0, 0.1) is 5.92 Å². The maximum atomic E-state index is 10.6. The first-order chi connectivity index (χ1) is 4.46. The molecule has 0 aliphatic carbocycles. The first-order valence-corrected chi connectivity index (χ1v) is 2.98. The van der Waals surface area contributed by atoms with Crippen LogP contribution in [0.15, 0.2) is 0 Å². The van der Waals surface area contributed by atoms with Gasteiger partial charge in [0, 0.05) is 0 Å². The van der Waals surface area contributed by atoms with Crippen LogP contribution in [-0.4, -0.2) is 62.8 Å². The van der Waals surface area contributed by atoms with Gasteiger partial charge in [0.05, 0.1) is 0 Å². The van der Waals surface area contributed by atoms with E-state index in [0.29, 0.717) is 0 Å². The summed E-state index contributed by atoms with van der Waals surface area (Å²) in [5, 5.41) is 0. The molecule has 0 fully saturated rings. The fourth-order valence-corrected chi connectivity index (χ4v) is 0.859. The summed E-state index contributed by atoms with van der Waals surface area (Å²) < 4.78 is 0. The largest absolute Gasteiger partial charge is 2.00 e. The van der Waals surface area contributed by atoms with Gasteiger partial charge in [-0.2, -0.15) is 0 Å². The fraction of sp³-hybridized carbons (Fsp3) is 0.571. The molecule has 0 aromatic rings. The molecule has 0 saturated carbocycles. The van der Waals surface area contributed by atoms with Gasteiger partial charge in [0.15, 0.2) is 0 Å². The third-order valence-corrected chi connectivity index (χ3v) is 1.22. The van der Waals surface area contributed by atoms with Gasteiger partial charge in [-0.15, -0.1) is 0 Å². The number of hydrogen-bond acceptors (Lipinski definition) is 3. The molecule has 0 aromatic carbocycles. The third kappa shape index (κ3) is 4.85. The van der Waals surface area contributed by atoms with Crippen molar-refractivity contribution >= 4 is 62.8 Å². The second-order valence-electron chi connectivity index (χ2n) is 2.26. The maximum absolute atomic E-state index is 10.6. The van der Waals surface area contributed by atoms with Gasteiger partial charge in [-0.1, -0.05) is 0 Å². The van der Waals surface area contributed by atoms with E-state index in [-0.39, 0.29) is 62.8 Å². The van der Waals surface area contributed by atoms with E-state index in [1.807, 2.05) is 0 Å². The van der Waals surface area contributed by atoms with Crippen molar-refractivity contribution < 1.29 is 14.4 Å². The zero-order valence-corrected chi connectivity index (χ0v) is 10.5. The molecule has 0 rings (SSSR count). The molecule has 0 heterocycles. The fourth-order valence-electron chi connectivity index (χ4n) is 0.859. The third-order valence-electron chi connectivity index (χ3n) is 1.22. The number of ketones is 3. The van der Waals surface area contributed by atoms with E-state index in [2.05, 4.69) is 0 Å². The predicted octanol–water partition coefficient (Wildman–Crippen LogP) is -0.0112. The van der Waals surface area contributed by atoms with Crippen molar-refractivity contribution in [2.24, 2.45) is 5.92 Å². The van der Waals surface area contributed by atoms with Crippen LogP contribution in [-0.2, 0) is 14.4 Å². The van der Waals surface area contributed by atoms with Gasteiger partial charge in [0.1, 0.15) is 23.3 Å². The van der Waals surface area contributed by atoms with Crippen molar-refractivity contribution in [1.82, 2.24) is 0 Å². The summed E-state index contributed by atoms with van der Waals surface area (Å²) in [6.07, 6.45) is 0. The van der Waals surface area contributed by atoms with Gasteiger partial charge >= 0.3 is 45.5 Å². The van der Waals surface area contributed by atoms with Gasteiger partial charge < -0.3 is 0 Å². The average molecular weight is 230 g/mol. The van der Waals surface area contributed by atoms with Gasteiger partial charge in [-0.25, -0.2) is 0 Å². The summed E-state index contributed by atoms with van der Waals surface area (Å²) in [6, 6.07) is 0. The molecule has 0 aromatic heterocycles. The van der Waals surface area contributed by atoms with Crippen LogP contribution in [0.4, 0.5) is 0 Å². The smallest absolute Gasteiger partial charge is 0.299 e. The van der Waals surface area contributed by atoms with Crippen LogP contribution in [0.5, 0.6) is 0 Å². The molecule has 56 valence electrons. The molecule has 0 unspecified atom stereocenters. The second-order valence-corrected chi connectivity index (χ2v) is 2.26. The molecular weight excluding hydrogens is 220 g/mol. The number of hydrogen-bond donors (Lipinski definition) is 0. The van der Waals surface area contributed by atoms with Gasteiger partial charge in [0.2, 0.25) is 0 Å². The van der Waals surface area contributed by atoms with Crippen LogP contribution in [0.25, 0.3) is 0 Å². The predicted molar refractivity (Wildman–Crippen MR) is 41.3 cm³/mol. The Labute approximate surface area is 103 Å². The molecule has 11 heavy (non-hydrogen) atoms. The first kappa shape index (κ1) is 14.0. The van der Waals surface area contributed by atoms with Gasteiger partial charge in [-0.05, 0) is 20.8 Å². The summed E-state index contributed by atoms with van der Waals surface area (Å²) in [6.45, 7) is 3.73. The quantitative estimate of drug-likeness (QED) is 0.505. The maximum Gasteiger partial charge on any atom is 2.00 e. The molecule has 3 nitrogen and oxygen atoms in total. The molecule has 0 atom stereocenters. The first-order valence-electron chi connectivity index (χ1n) is 2.98. The molecule has 4 heteroatoms. The second kappa shape index (κ2) is 6.06. The number of Topliss-reactive ketones (excluding diaryl/α,β-unsaturated/α-hetero) is 3. The Morgan fingerprint density at radius 1 is 0.818 bits per heavy atom. The van der Waals surface area contributed by atoms with Crippen LogP contribution in [0.2, 0.25) is 0 Å². The van der Waals surface area contributed by atoms with Crippen molar-refractivity contribution in [3.05, 3.63) is 0 Å². The van der Waals surface area contributed by atoms with Crippen LogP contribution in [0.3, 0.4) is 0 Å². The molecule has 0 saturated heterocycles. The molecule has 0 aliphatic rings. The summed E-state index contributed by atoms with van der Waals surface area (Å²) >= 11 is 0. The molecule has 0 amide bonds. The van der Waals surface area contributed by atoms with E-state index in [1.165, 1.54) is 20.8 Å². The topological polar surface area (TPSA) is 51.2 Å². The van der Waals surface area contributed by atoms with Gasteiger partial charge in [0.25, 0.3) is 0 Å². The summed E-state index contributed by atoms with van der Waals surface area (Å²) in [4.78, 5) is 31.8. The molecule has 0 N–H and O–H groups in total. The van der Waals surface area contributed by atoms with E-state index >= 15 is 0 Å². The van der Waals surface area contributed by atoms with Crippen molar-refractivity contribution in [1.29, 1.82) is 0 Å². The molecule has 0 spiro atoms. The van der Waals surface area contributed by atoms with E-state index in [1.54, 1.807) is 0 Å². The summed E-state index contributed by atoms with van der Waals surface area (Å²) in [7, 11) is 0. The SMILES string of the molecule is CC(=O)C(C(C)=O)C(C)=O.[Sr+2]. The Morgan fingerprint density at radius 2 is 1.00 bits per heavy atom. The Kier molecular flexibility index (Phi) is 7.73. The summed E-state index contributed by atoms with van der Waals surface area (Å²) in [5.74, 6) is -2.15. The van der Waals surface area contributed by atoms with E-state index in [4.69, 9.17) is 0 Å². The monoisotopic (exact) mass is 230 g/mol. The molecule has 0 bridgehead atoms. The number of rotatable bonds is 3. The zero-order chi connectivity index (χ0) is 8.31. The minimum absolute atomic E-state index is 0. The van der Waals surface area contributed by atoms with E-state index in [0.717, 1.165) is 0 Å². The van der Waals surface area contributed by atoms with Crippen molar-refractivity contribution in [2.45, 2.75) is 20.8 Å². The normalized spacial score (nSPS) is 8.73. The van der Waals surface area contributed by atoms with Gasteiger partial charge in [-0.3, -0.25) is 14.4 Å². The Morgan fingerprint density at radius 3 is 1.00 bits per heavy atom. The summed E-state index contributed by atoms with van der Waals surface area (Å²) in [5.41, 5.74) is 0. The van der Waals surface area contributed by atoms with Crippen LogP contribution >= 0.6 is 0 Å². The molecule has 0 aliphatic heterocycles. The van der Waals surface area contributed by atoms with Crippen LogP contribution < -0.4 is 0 Å². The molecular formula is C7H10O3Sr+2. The van der Waals surface area contributed by atoms with Crippen molar-refractivity contribution in [2.75, 3.05) is 0 Å². The number of carbonyl (C=O) groups is 3. The number of carbonyl (C=O) groups excluding carboxylic acids is 3. The standard InChI is InChI=1S/C7H10O3.Sr/c1-4(8)7(5(2)9)6(3)10;/h7H,1-3H3;/q;+2. The Balaban J connectivity index is 0. The van der Waals surface area contributed by atoms with Crippen molar-refractivity contribution in [3.63, 3.8) is 0 Å². The minimum atomic E-state index is -1.03. The Hall–Kier alpha value is 0.491. The van der Waals surface area contributed by atoms with E-state index < -0.39 is 5.92 Å².